The monoisotopic (exact) mass is 210 g/mol. The molecule has 0 aromatic heterocycles. The quantitative estimate of drug-likeness (QED) is 0.673. The maximum Gasteiger partial charge on any atom is 0.119 e. The molecule has 0 spiro atoms. The van der Waals surface area contributed by atoms with E-state index in [2.05, 4.69) is 6.07 Å². The Balaban J connectivity index is 2.49. The number of ether oxygens (including phenoxy) is 3. The van der Waals surface area contributed by atoms with Gasteiger partial charge in [0.2, 0.25) is 0 Å². The van der Waals surface area contributed by atoms with E-state index in [0.717, 1.165) is 11.3 Å². The second-order valence-electron chi connectivity index (χ2n) is 3.40. The molecule has 0 saturated carbocycles. The van der Waals surface area contributed by atoms with E-state index in [1.807, 2.05) is 19.1 Å². The Kier molecular flexibility index (Phi) is 5.15. The van der Waals surface area contributed by atoms with Crippen molar-refractivity contribution in [3.8, 4) is 5.75 Å². The Hall–Kier alpha value is -1.06. The minimum atomic E-state index is 0.599. The van der Waals surface area contributed by atoms with E-state index in [4.69, 9.17) is 14.2 Å². The Bertz CT molecular complexity index is 297. The molecule has 0 unspecified atom stereocenters. The molecule has 0 aliphatic rings. The zero-order chi connectivity index (χ0) is 11.1. The fraction of sp³-hybridized carbons (Fsp3) is 0.500. The first-order chi connectivity index (χ1) is 7.26. The third-order valence-electron chi connectivity index (χ3n) is 2.05. The minimum absolute atomic E-state index is 0.599. The lowest BCUT2D eigenvalue weighted by molar-refractivity contribution is 0.0616. The average molecular weight is 210 g/mol. The maximum absolute atomic E-state index is 5.43. The van der Waals surface area contributed by atoms with Crippen LogP contribution in [0.4, 0.5) is 0 Å². The summed E-state index contributed by atoms with van der Waals surface area (Å²) >= 11 is 0. The summed E-state index contributed by atoms with van der Waals surface area (Å²) in [6, 6.07) is 6.08. The van der Waals surface area contributed by atoms with Crippen molar-refractivity contribution >= 4 is 0 Å². The fourth-order valence-electron chi connectivity index (χ4n) is 1.36. The highest BCUT2D eigenvalue weighted by Gasteiger charge is 1.98. The predicted molar refractivity (Wildman–Crippen MR) is 59.3 cm³/mol. The van der Waals surface area contributed by atoms with Crippen molar-refractivity contribution in [3.05, 3.63) is 29.3 Å². The van der Waals surface area contributed by atoms with Crippen LogP contribution in [-0.4, -0.2) is 27.4 Å². The van der Waals surface area contributed by atoms with Crippen LogP contribution >= 0.6 is 0 Å². The molecule has 0 saturated heterocycles. The summed E-state index contributed by atoms with van der Waals surface area (Å²) < 4.78 is 15.5. The lowest BCUT2D eigenvalue weighted by atomic mass is 10.1. The van der Waals surface area contributed by atoms with E-state index in [-0.39, 0.29) is 0 Å². The zero-order valence-corrected chi connectivity index (χ0v) is 9.58. The number of hydrogen-bond donors (Lipinski definition) is 0. The van der Waals surface area contributed by atoms with E-state index in [1.165, 1.54) is 5.56 Å². The molecule has 0 fully saturated rings. The van der Waals surface area contributed by atoms with E-state index >= 15 is 0 Å². The maximum atomic E-state index is 5.43. The molecule has 15 heavy (non-hydrogen) atoms. The molecule has 0 bridgehead atoms. The van der Waals surface area contributed by atoms with Crippen molar-refractivity contribution < 1.29 is 14.2 Å². The third kappa shape index (κ3) is 4.32. The van der Waals surface area contributed by atoms with E-state index in [1.54, 1.807) is 14.2 Å². The lowest BCUT2D eigenvalue weighted by Gasteiger charge is -2.07. The second-order valence-corrected chi connectivity index (χ2v) is 3.40. The number of aryl methyl sites for hydroxylation is 1. The molecule has 3 heteroatoms. The lowest BCUT2D eigenvalue weighted by Crippen LogP contribution is -2.02. The van der Waals surface area contributed by atoms with Gasteiger partial charge in [0.15, 0.2) is 0 Å². The molecular formula is C12H18O3. The Morgan fingerprint density at radius 3 is 2.53 bits per heavy atom. The largest absolute Gasteiger partial charge is 0.497 e. The summed E-state index contributed by atoms with van der Waals surface area (Å²) in [7, 11) is 3.34. The van der Waals surface area contributed by atoms with Crippen molar-refractivity contribution in [2.45, 2.75) is 13.5 Å². The van der Waals surface area contributed by atoms with Gasteiger partial charge in [-0.3, -0.25) is 0 Å². The van der Waals surface area contributed by atoms with Crippen LogP contribution in [0.3, 0.4) is 0 Å². The van der Waals surface area contributed by atoms with Crippen LogP contribution in [0.15, 0.2) is 18.2 Å². The van der Waals surface area contributed by atoms with E-state index < -0.39 is 0 Å². The topological polar surface area (TPSA) is 27.7 Å². The first kappa shape index (κ1) is 12.0. The van der Waals surface area contributed by atoms with Crippen LogP contribution in [-0.2, 0) is 16.1 Å². The summed E-state index contributed by atoms with van der Waals surface area (Å²) in [5, 5.41) is 0. The molecule has 3 nitrogen and oxygen atoms in total. The molecule has 0 amide bonds. The third-order valence-corrected chi connectivity index (χ3v) is 2.05. The second kappa shape index (κ2) is 6.43. The SMILES string of the molecule is COCCOCc1cc(C)cc(OC)c1. The van der Waals surface area contributed by atoms with Crippen molar-refractivity contribution in [1.29, 1.82) is 0 Å². The van der Waals surface area contributed by atoms with Crippen LogP contribution in [0, 0.1) is 6.92 Å². The van der Waals surface area contributed by atoms with Crippen LogP contribution in [0.5, 0.6) is 5.75 Å². The van der Waals surface area contributed by atoms with Gasteiger partial charge in [0, 0.05) is 7.11 Å². The van der Waals surface area contributed by atoms with Gasteiger partial charge < -0.3 is 14.2 Å². The molecule has 0 heterocycles. The number of rotatable bonds is 6. The molecule has 84 valence electrons. The molecule has 1 aromatic carbocycles. The number of hydrogen-bond acceptors (Lipinski definition) is 3. The normalized spacial score (nSPS) is 10.3. The highest BCUT2D eigenvalue weighted by molar-refractivity contribution is 5.33. The number of benzene rings is 1. The highest BCUT2D eigenvalue weighted by Crippen LogP contribution is 2.16. The van der Waals surface area contributed by atoms with Gasteiger partial charge in [-0.2, -0.15) is 0 Å². The average Bonchev–Trinajstić information content (AvgIpc) is 2.23. The van der Waals surface area contributed by atoms with Crippen molar-refractivity contribution in [3.63, 3.8) is 0 Å². The molecule has 1 rings (SSSR count). The van der Waals surface area contributed by atoms with E-state index in [9.17, 15) is 0 Å². The summed E-state index contributed by atoms with van der Waals surface area (Å²) in [4.78, 5) is 0. The Morgan fingerprint density at radius 1 is 1.07 bits per heavy atom. The molecule has 0 atom stereocenters. The zero-order valence-electron chi connectivity index (χ0n) is 9.58. The van der Waals surface area contributed by atoms with Crippen LogP contribution in [0.25, 0.3) is 0 Å². The van der Waals surface area contributed by atoms with Crippen LogP contribution in [0.1, 0.15) is 11.1 Å². The molecule has 0 aliphatic heterocycles. The van der Waals surface area contributed by atoms with Crippen molar-refractivity contribution in [1.82, 2.24) is 0 Å². The summed E-state index contributed by atoms with van der Waals surface area (Å²) in [6.45, 7) is 3.89. The van der Waals surface area contributed by atoms with Gasteiger partial charge in [0.05, 0.1) is 26.9 Å². The van der Waals surface area contributed by atoms with E-state index in [0.29, 0.717) is 19.8 Å². The van der Waals surface area contributed by atoms with Gasteiger partial charge in [-0.1, -0.05) is 6.07 Å². The van der Waals surface area contributed by atoms with Gasteiger partial charge >= 0.3 is 0 Å². The van der Waals surface area contributed by atoms with Gasteiger partial charge in [-0.05, 0) is 30.2 Å². The van der Waals surface area contributed by atoms with Gasteiger partial charge in [0.1, 0.15) is 5.75 Å². The molecule has 0 N–H and O–H groups in total. The van der Waals surface area contributed by atoms with Gasteiger partial charge in [-0.25, -0.2) is 0 Å². The number of methoxy groups -OCH3 is 2. The van der Waals surface area contributed by atoms with Gasteiger partial charge in [0.25, 0.3) is 0 Å². The van der Waals surface area contributed by atoms with Crippen molar-refractivity contribution in [2.24, 2.45) is 0 Å². The van der Waals surface area contributed by atoms with Crippen molar-refractivity contribution in [2.75, 3.05) is 27.4 Å². The molecule has 1 aromatic rings. The summed E-state index contributed by atoms with van der Waals surface area (Å²) in [6.07, 6.45) is 0. The molecular weight excluding hydrogens is 192 g/mol. The van der Waals surface area contributed by atoms with Crippen LogP contribution in [0.2, 0.25) is 0 Å². The molecule has 0 aliphatic carbocycles. The first-order valence-electron chi connectivity index (χ1n) is 4.97. The highest BCUT2D eigenvalue weighted by atomic mass is 16.5. The predicted octanol–water partition coefficient (Wildman–Crippen LogP) is 2.17. The first-order valence-corrected chi connectivity index (χ1v) is 4.97. The molecule has 0 radical (unpaired) electrons. The Labute approximate surface area is 91.0 Å². The van der Waals surface area contributed by atoms with Gasteiger partial charge in [-0.15, -0.1) is 0 Å². The fourth-order valence-corrected chi connectivity index (χ4v) is 1.36. The summed E-state index contributed by atoms with van der Waals surface area (Å²) in [5.74, 6) is 0.875. The summed E-state index contributed by atoms with van der Waals surface area (Å²) in [5.41, 5.74) is 2.31. The minimum Gasteiger partial charge on any atom is -0.497 e. The smallest absolute Gasteiger partial charge is 0.119 e. The Morgan fingerprint density at radius 2 is 1.87 bits per heavy atom. The van der Waals surface area contributed by atoms with Crippen LogP contribution < -0.4 is 4.74 Å². The standard InChI is InChI=1S/C12H18O3/c1-10-6-11(8-12(7-10)14-3)9-15-5-4-13-2/h6-8H,4-5,9H2,1-3H3.